The molecule has 166 valence electrons. The van der Waals surface area contributed by atoms with Gasteiger partial charge in [0.25, 0.3) is 5.91 Å². The molecule has 2 aliphatic heterocycles. The van der Waals surface area contributed by atoms with Gasteiger partial charge in [0, 0.05) is 30.6 Å². The molecular formula is C23H22FN3O5. The van der Waals surface area contributed by atoms with Crippen LogP contribution in [0.3, 0.4) is 0 Å². The Hall–Kier alpha value is -3.62. The molecule has 0 aliphatic carbocycles. The van der Waals surface area contributed by atoms with E-state index in [-0.39, 0.29) is 24.4 Å². The van der Waals surface area contributed by atoms with Gasteiger partial charge in [-0.25, -0.2) is 4.39 Å². The van der Waals surface area contributed by atoms with Crippen molar-refractivity contribution in [1.29, 1.82) is 0 Å². The second kappa shape index (κ2) is 8.49. The third-order valence-electron chi connectivity index (χ3n) is 5.70. The lowest BCUT2D eigenvalue weighted by molar-refractivity contribution is -0.139. The van der Waals surface area contributed by atoms with Crippen LogP contribution in [-0.4, -0.2) is 46.9 Å². The molecule has 0 saturated carbocycles. The van der Waals surface area contributed by atoms with Gasteiger partial charge < -0.3 is 23.6 Å². The fourth-order valence-corrected chi connectivity index (χ4v) is 3.93. The van der Waals surface area contributed by atoms with Crippen LogP contribution in [-0.2, 0) is 4.79 Å². The molecule has 0 N–H and O–H groups in total. The first kappa shape index (κ1) is 20.3. The molecule has 1 unspecified atom stereocenters. The smallest absolute Gasteiger partial charge is 0.263 e. The number of halogens is 1. The fraction of sp³-hybridized carbons (Fsp3) is 0.348. The number of carbonyl (C=O) groups is 1. The average molecular weight is 439 g/mol. The summed E-state index contributed by atoms with van der Waals surface area (Å²) in [6, 6.07) is 11.2. The number of fused-ring (bicyclic) bond motifs is 1. The molecule has 2 aromatic carbocycles. The fourth-order valence-electron chi connectivity index (χ4n) is 3.93. The summed E-state index contributed by atoms with van der Waals surface area (Å²) in [6.45, 7) is 3.08. The van der Waals surface area contributed by atoms with Crippen molar-refractivity contribution < 1.29 is 27.9 Å². The van der Waals surface area contributed by atoms with Crippen molar-refractivity contribution >= 4 is 5.91 Å². The van der Waals surface area contributed by atoms with Crippen LogP contribution in [0.15, 0.2) is 47.0 Å². The van der Waals surface area contributed by atoms with Crippen LogP contribution < -0.4 is 14.2 Å². The second-order valence-corrected chi connectivity index (χ2v) is 7.84. The maximum absolute atomic E-state index is 13.1. The molecule has 0 bridgehead atoms. The molecule has 0 spiro atoms. The molecule has 8 nitrogen and oxygen atoms in total. The summed E-state index contributed by atoms with van der Waals surface area (Å²) in [6.07, 6.45) is 0.807. The molecule has 5 rings (SSSR count). The molecule has 0 radical (unpaired) electrons. The Morgan fingerprint density at radius 1 is 1.12 bits per heavy atom. The summed E-state index contributed by atoms with van der Waals surface area (Å²) in [5.41, 5.74) is 0.698. The van der Waals surface area contributed by atoms with Crippen molar-refractivity contribution in [1.82, 2.24) is 15.0 Å². The van der Waals surface area contributed by atoms with Crippen molar-refractivity contribution in [2.24, 2.45) is 0 Å². The van der Waals surface area contributed by atoms with Crippen molar-refractivity contribution in [3.63, 3.8) is 0 Å². The van der Waals surface area contributed by atoms with E-state index in [1.54, 1.807) is 42.2 Å². The van der Waals surface area contributed by atoms with E-state index in [0.717, 1.165) is 0 Å². The number of hydrogen-bond acceptors (Lipinski definition) is 7. The Bertz CT molecular complexity index is 1110. The first-order chi connectivity index (χ1) is 15.6. The summed E-state index contributed by atoms with van der Waals surface area (Å²) in [7, 11) is 0. The van der Waals surface area contributed by atoms with E-state index in [1.165, 1.54) is 12.1 Å². The minimum Gasteiger partial charge on any atom is -0.481 e. The number of aromatic nitrogens is 2. The topological polar surface area (TPSA) is 86.9 Å². The van der Waals surface area contributed by atoms with Gasteiger partial charge in [0.1, 0.15) is 11.6 Å². The van der Waals surface area contributed by atoms with Crippen molar-refractivity contribution in [2.45, 2.75) is 31.8 Å². The highest BCUT2D eigenvalue weighted by atomic mass is 19.1. The molecule has 32 heavy (non-hydrogen) atoms. The lowest BCUT2D eigenvalue weighted by Gasteiger charge is -2.32. The van der Waals surface area contributed by atoms with Gasteiger partial charge in [0.05, 0.1) is 0 Å². The van der Waals surface area contributed by atoms with Gasteiger partial charge in [0.15, 0.2) is 17.6 Å². The highest BCUT2D eigenvalue weighted by Gasteiger charge is 2.30. The predicted octanol–water partition coefficient (Wildman–Crippen LogP) is 3.78. The molecule has 1 fully saturated rings. The van der Waals surface area contributed by atoms with E-state index in [1.807, 2.05) is 0 Å². The van der Waals surface area contributed by atoms with E-state index < -0.39 is 6.10 Å². The number of carbonyl (C=O) groups excluding carboxylic acids is 1. The van der Waals surface area contributed by atoms with Crippen LogP contribution in [0.4, 0.5) is 4.39 Å². The molecular weight excluding hydrogens is 417 g/mol. The van der Waals surface area contributed by atoms with Gasteiger partial charge in [-0.3, -0.25) is 4.79 Å². The first-order valence-corrected chi connectivity index (χ1v) is 10.5. The summed E-state index contributed by atoms with van der Waals surface area (Å²) in [5, 5.41) is 4.02. The van der Waals surface area contributed by atoms with Gasteiger partial charge in [-0.1, -0.05) is 5.16 Å². The molecule has 3 heterocycles. The van der Waals surface area contributed by atoms with Crippen LogP contribution in [0.5, 0.6) is 17.2 Å². The first-order valence-electron chi connectivity index (χ1n) is 10.5. The van der Waals surface area contributed by atoms with Gasteiger partial charge in [0.2, 0.25) is 18.5 Å². The molecule has 1 atom stereocenters. The third-order valence-corrected chi connectivity index (χ3v) is 5.70. The minimum atomic E-state index is -0.625. The van der Waals surface area contributed by atoms with E-state index in [9.17, 15) is 9.18 Å². The van der Waals surface area contributed by atoms with Crippen LogP contribution in [0.2, 0.25) is 0 Å². The largest absolute Gasteiger partial charge is 0.481 e. The Balaban J connectivity index is 1.16. The molecule has 1 saturated heterocycles. The van der Waals surface area contributed by atoms with E-state index in [2.05, 4.69) is 10.1 Å². The number of nitrogens with zero attached hydrogens (tertiary/aromatic N) is 3. The molecule has 2 aliphatic rings. The van der Waals surface area contributed by atoms with E-state index in [0.29, 0.717) is 60.5 Å². The highest BCUT2D eigenvalue weighted by molar-refractivity contribution is 5.81. The van der Waals surface area contributed by atoms with Gasteiger partial charge >= 0.3 is 0 Å². The summed E-state index contributed by atoms with van der Waals surface area (Å²) >= 11 is 0. The SMILES string of the molecule is CC(Oc1ccc2c(c1)OCO2)C(=O)N1CCC(c2nc(-c3ccc(F)cc3)no2)CC1. The molecule has 3 aromatic rings. The van der Waals surface area contributed by atoms with Crippen LogP contribution in [0.25, 0.3) is 11.4 Å². The maximum atomic E-state index is 13.1. The predicted molar refractivity (Wildman–Crippen MR) is 111 cm³/mol. The lowest BCUT2D eigenvalue weighted by atomic mass is 9.96. The number of ether oxygens (including phenoxy) is 3. The number of hydrogen-bond donors (Lipinski definition) is 0. The van der Waals surface area contributed by atoms with Gasteiger partial charge in [-0.15, -0.1) is 0 Å². The zero-order valence-corrected chi connectivity index (χ0v) is 17.5. The second-order valence-electron chi connectivity index (χ2n) is 7.84. The summed E-state index contributed by atoms with van der Waals surface area (Å²) in [4.78, 5) is 19.1. The number of likely N-dealkylation sites (tertiary alicyclic amines) is 1. The molecule has 1 aromatic heterocycles. The van der Waals surface area contributed by atoms with Crippen molar-refractivity contribution in [3.05, 3.63) is 54.2 Å². The lowest BCUT2D eigenvalue weighted by Crippen LogP contribution is -2.44. The Kier molecular flexibility index (Phi) is 5.38. The minimum absolute atomic E-state index is 0.0707. The van der Waals surface area contributed by atoms with Crippen LogP contribution >= 0.6 is 0 Å². The Morgan fingerprint density at radius 2 is 1.88 bits per heavy atom. The number of rotatable bonds is 5. The summed E-state index contributed by atoms with van der Waals surface area (Å²) < 4.78 is 35.0. The normalized spacial score (nSPS) is 16.8. The average Bonchev–Trinajstić information content (AvgIpc) is 3.49. The maximum Gasteiger partial charge on any atom is 0.263 e. The number of benzene rings is 2. The standard InChI is InChI=1S/C23H22FN3O5/c1-14(31-18-6-7-19-20(12-18)30-13-29-19)23(28)27-10-8-16(9-11-27)22-25-21(26-32-22)15-2-4-17(24)5-3-15/h2-7,12,14,16H,8-11,13H2,1H3. The summed E-state index contributed by atoms with van der Waals surface area (Å²) in [5.74, 6) is 2.51. The van der Waals surface area contributed by atoms with Crippen molar-refractivity contribution in [3.8, 4) is 28.6 Å². The Labute approximate surface area is 183 Å². The zero-order valence-electron chi connectivity index (χ0n) is 17.5. The Morgan fingerprint density at radius 3 is 2.66 bits per heavy atom. The third kappa shape index (κ3) is 4.10. The van der Waals surface area contributed by atoms with Crippen molar-refractivity contribution in [2.75, 3.05) is 19.9 Å². The van der Waals surface area contributed by atoms with E-state index in [4.69, 9.17) is 18.7 Å². The van der Waals surface area contributed by atoms with Crippen LogP contribution in [0, 0.1) is 5.82 Å². The number of amides is 1. The van der Waals surface area contributed by atoms with Crippen LogP contribution in [0.1, 0.15) is 31.6 Å². The quantitative estimate of drug-likeness (QED) is 0.598. The monoisotopic (exact) mass is 439 g/mol. The molecule has 1 amide bonds. The molecule has 9 heteroatoms. The highest BCUT2D eigenvalue weighted by Crippen LogP contribution is 2.35. The van der Waals surface area contributed by atoms with Gasteiger partial charge in [-0.05, 0) is 56.2 Å². The van der Waals surface area contributed by atoms with Gasteiger partial charge in [-0.2, -0.15) is 4.98 Å². The zero-order chi connectivity index (χ0) is 22.1. The number of piperidine rings is 1. The van der Waals surface area contributed by atoms with E-state index >= 15 is 0 Å².